The Bertz CT molecular complexity index is 1050. The number of nitrogens with zero attached hydrogens (tertiary/aromatic N) is 2. The predicted molar refractivity (Wildman–Crippen MR) is 114 cm³/mol. The highest BCUT2D eigenvalue weighted by Gasteiger charge is 2.11. The molecule has 0 saturated carbocycles. The number of fused-ring (bicyclic) bond motifs is 1. The molecule has 0 fully saturated rings. The van der Waals surface area contributed by atoms with Gasteiger partial charge in [0.15, 0.2) is 0 Å². The molecule has 1 aliphatic carbocycles. The van der Waals surface area contributed by atoms with E-state index in [9.17, 15) is 0 Å². The van der Waals surface area contributed by atoms with E-state index in [-0.39, 0.29) is 0 Å². The summed E-state index contributed by atoms with van der Waals surface area (Å²) in [5.41, 5.74) is 5.40. The van der Waals surface area contributed by atoms with Crippen molar-refractivity contribution in [3.63, 3.8) is 0 Å². The molecule has 140 valence electrons. The average molecular weight is 369 g/mol. The van der Waals surface area contributed by atoms with E-state index in [1.54, 1.807) is 13.3 Å². The largest absolute Gasteiger partial charge is 0.497 e. The molecule has 2 heterocycles. The zero-order chi connectivity index (χ0) is 19.2. The lowest BCUT2D eigenvalue weighted by Gasteiger charge is -2.13. The molecule has 0 unspecified atom stereocenters. The van der Waals surface area contributed by atoms with Crippen molar-refractivity contribution in [1.29, 1.82) is 0 Å². The number of rotatable bonds is 6. The molecule has 0 radical (unpaired) electrons. The van der Waals surface area contributed by atoms with Gasteiger partial charge < -0.3 is 10.1 Å². The van der Waals surface area contributed by atoms with Gasteiger partial charge in [-0.1, -0.05) is 36.4 Å². The van der Waals surface area contributed by atoms with Gasteiger partial charge in [-0.15, -0.1) is 0 Å². The molecule has 28 heavy (non-hydrogen) atoms. The van der Waals surface area contributed by atoms with E-state index in [1.807, 2.05) is 24.4 Å². The number of nitrogens with one attached hydrogen (secondary N) is 1. The lowest BCUT2D eigenvalue weighted by Crippen LogP contribution is -2.14. The number of hydrogen-bond acceptors (Lipinski definition) is 4. The summed E-state index contributed by atoms with van der Waals surface area (Å²) < 4.78 is 5.37. The molecule has 1 aromatic carbocycles. The van der Waals surface area contributed by atoms with Gasteiger partial charge >= 0.3 is 0 Å². The number of hydrogen-bond donors (Lipinski definition) is 1. The van der Waals surface area contributed by atoms with Gasteiger partial charge in [-0.05, 0) is 41.8 Å². The highest BCUT2D eigenvalue weighted by Crippen LogP contribution is 2.27. The van der Waals surface area contributed by atoms with Crippen molar-refractivity contribution in [3.05, 3.63) is 96.0 Å². The summed E-state index contributed by atoms with van der Waals surface area (Å²) in [5, 5.41) is 4.63. The Hall–Kier alpha value is -3.24. The maximum absolute atomic E-state index is 5.37. The topological polar surface area (TPSA) is 47.0 Å². The van der Waals surface area contributed by atoms with E-state index in [0.717, 1.165) is 47.4 Å². The van der Waals surface area contributed by atoms with Gasteiger partial charge in [0.25, 0.3) is 0 Å². The fourth-order valence-electron chi connectivity index (χ4n) is 3.28. The number of benzene rings is 1. The van der Waals surface area contributed by atoms with E-state index in [1.165, 1.54) is 11.1 Å². The molecule has 1 aliphatic rings. The van der Waals surface area contributed by atoms with Crippen molar-refractivity contribution in [2.75, 3.05) is 7.11 Å². The van der Waals surface area contributed by atoms with Gasteiger partial charge in [0.05, 0.1) is 18.3 Å². The second kappa shape index (κ2) is 8.63. The molecule has 3 aromatic rings. The van der Waals surface area contributed by atoms with Crippen LogP contribution in [0.15, 0.2) is 79.2 Å². The molecule has 1 N–H and O–H groups in total. The molecule has 2 aromatic heterocycles. The van der Waals surface area contributed by atoms with Gasteiger partial charge in [-0.2, -0.15) is 0 Å². The molecular formula is C24H23N3O. The zero-order valence-corrected chi connectivity index (χ0v) is 15.9. The Morgan fingerprint density at radius 1 is 1.11 bits per heavy atom. The number of ether oxygens (including phenoxy) is 1. The van der Waals surface area contributed by atoms with Gasteiger partial charge in [0.2, 0.25) is 0 Å². The number of allylic oxidation sites excluding steroid dienone is 6. The molecule has 4 rings (SSSR count). The minimum atomic E-state index is 0.730. The van der Waals surface area contributed by atoms with Crippen molar-refractivity contribution in [2.45, 2.75) is 19.5 Å². The van der Waals surface area contributed by atoms with Gasteiger partial charge in [-0.25, -0.2) is 4.98 Å². The summed E-state index contributed by atoms with van der Waals surface area (Å²) >= 11 is 0. The highest BCUT2D eigenvalue weighted by molar-refractivity contribution is 5.85. The van der Waals surface area contributed by atoms with Crippen LogP contribution in [-0.2, 0) is 13.1 Å². The summed E-state index contributed by atoms with van der Waals surface area (Å²) in [6, 6.07) is 12.3. The zero-order valence-electron chi connectivity index (χ0n) is 15.9. The van der Waals surface area contributed by atoms with Crippen LogP contribution in [0.2, 0.25) is 0 Å². The Morgan fingerprint density at radius 3 is 2.93 bits per heavy atom. The molecule has 4 nitrogen and oxygen atoms in total. The van der Waals surface area contributed by atoms with Crippen LogP contribution < -0.4 is 10.1 Å². The second-order valence-electron chi connectivity index (χ2n) is 6.71. The summed E-state index contributed by atoms with van der Waals surface area (Å²) in [7, 11) is 1.68. The second-order valence-corrected chi connectivity index (χ2v) is 6.71. The van der Waals surface area contributed by atoms with Crippen LogP contribution in [0, 0.1) is 0 Å². The molecule has 0 bridgehead atoms. The van der Waals surface area contributed by atoms with Crippen LogP contribution in [0.1, 0.15) is 23.2 Å². The molecule has 0 amide bonds. The Kier molecular flexibility index (Phi) is 5.59. The summed E-state index contributed by atoms with van der Waals surface area (Å²) in [5.74, 6) is 0.818. The quantitative estimate of drug-likeness (QED) is 0.676. The minimum absolute atomic E-state index is 0.730. The predicted octanol–water partition coefficient (Wildman–Crippen LogP) is 4.83. The lowest BCUT2D eigenvalue weighted by molar-refractivity contribution is 0.415. The van der Waals surface area contributed by atoms with Crippen LogP contribution in [-0.4, -0.2) is 17.1 Å². The normalized spacial score (nSPS) is 13.4. The van der Waals surface area contributed by atoms with Gasteiger partial charge in [-0.3, -0.25) is 4.98 Å². The van der Waals surface area contributed by atoms with Crippen LogP contribution in [0.3, 0.4) is 0 Å². The molecule has 0 saturated heterocycles. The molecule has 0 spiro atoms. The molecule has 4 heteroatoms. The third kappa shape index (κ3) is 4.18. The van der Waals surface area contributed by atoms with Crippen LogP contribution in [0.25, 0.3) is 16.5 Å². The van der Waals surface area contributed by atoms with Crippen molar-refractivity contribution >= 4 is 16.5 Å². The Labute approximate surface area is 165 Å². The molecule has 0 atom stereocenters. The lowest BCUT2D eigenvalue weighted by atomic mass is 10.0. The third-order valence-corrected chi connectivity index (χ3v) is 4.73. The summed E-state index contributed by atoms with van der Waals surface area (Å²) in [6.45, 7) is 1.50. The first-order valence-electron chi connectivity index (χ1n) is 9.44. The van der Waals surface area contributed by atoms with E-state index >= 15 is 0 Å². The first-order chi connectivity index (χ1) is 13.8. The fourth-order valence-corrected chi connectivity index (χ4v) is 3.28. The smallest absolute Gasteiger partial charge is 0.121 e. The monoisotopic (exact) mass is 369 g/mol. The maximum atomic E-state index is 5.37. The van der Waals surface area contributed by atoms with E-state index in [4.69, 9.17) is 9.72 Å². The Balaban J connectivity index is 1.68. The van der Waals surface area contributed by atoms with Crippen molar-refractivity contribution in [1.82, 2.24) is 15.3 Å². The fraction of sp³-hybridized carbons (Fsp3) is 0.167. The maximum Gasteiger partial charge on any atom is 0.121 e. The standard InChI is InChI=1S/C24H23N3O/c1-28-22-11-10-20-13-21(17-26-16-18-7-6-12-25-15-18)24(27-23(20)14-22)19-8-4-2-3-5-9-19/h2,4-15,26H,3,16-17H2,1H3. The molecule has 0 aliphatic heterocycles. The van der Waals surface area contributed by atoms with E-state index < -0.39 is 0 Å². The average Bonchev–Trinajstić information content (AvgIpc) is 3.03. The van der Waals surface area contributed by atoms with Crippen LogP contribution >= 0.6 is 0 Å². The van der Waals surface area contributed by atoms with E-state index in [2.05, 4.69) is 58.9 Å². The first kappa shape index (κ1) is 18.1. The van der Waals surface area contributed by atoms with Crippen molar-refractivity contribution in [2.24, 2.45) is 0 Å². The van der Waals surface area contributed by atoms with Crippen LogP contribution in [0.5, 0.6) is 5.75 Å². The van der Waals surface area contributed by atoms with Crippen LogP contribution in [0.4, 0.5) is 0 Å². The highest BCUT2D eigenvalue weighted by atomic mass is 16.5. The van der Waals surface area contributed by atoms with Crippen molar-refractivity contribution < 1.29 is 4.74 Å². The molecular weight excluding hydrogens is 346 g/mol. The number of methoxy groups -OCH3 is 1. The van der Waals surface area contributed by atoms with Gasteiger partial charge in [0.1, 0.15) is 5.75 Å². The minimum Gasteiger partial charge on any atom is -0.497 e. The van der Waals surface area contributed by atoms with E-state index in [0.29, 0.717) is 0 Å². The van der Waals surface area contributed by atoms with Gasteiger partial charge in [0, 0.05) is 42.5 Å². The number of pyridine rings is 2. The SMILES string of the molecule is COc1ccc2cc(CNCc3cccnc3)c(C3=CC=CCC=C3)nc2c1. The van der Waals surface area contributed by atoms with Crippen molar-refractivity contribution in [3.8, 4) is 5.75 Å². The summed E-state index contributed by atoms with van der Waals surface area (Å²) in [4.78, 5) is 9.17. The first-order valence-corrected chi connectivity index (χ1v) is 9.44. The summed E-state index contributed by atoms with van der Waals surface area (Å²) in [6.07, 6.45) is 15.3. The Morgan fingerprint density at radius 2 is 2.07 bits per heavy atom. The number of aromatic nitrogens is 2. The third-order valence-electron chi connectivity index (χ3n) is 4.73.